The summed E-state index contributed by atoms with van der Waals surface area (Å²) in [7, 11) is 0. The zero-order valence-electron chi connectivity index (χ0n) is 19.4. The van der Waals surface area contributed by atoms with Gasteiger partial charge in [-0.1, -0.05) is 67.6 Å². The summed E-state index contributed by atoms with van der Waals surface area (Å²) in [6.07, 6.45) is 1.18. The molecule has 1 saturated heterocycles. The van der Waals surface area contributed by atoms with Crippen LogP contribution in [0, 0.1) is 6.92 Å². The van der Waals surface area contributed by atoms with Gasteiger partial charge in [0.2, 0.25) is 11.6 Å². The van der Waals surface area contributed by atoms with E-state index in [1.54, 1.807) is 34.1 Å². The molecule has 0 saturated carbocycles. The fourth-order valence-corrected chi connectivity index (χ4v) is 5.19. The maximum absolute atomic E-state index is 14.2. The number of carbonyl (C=O) groups is 3. The van der Waals surface area contributed by atoms with Gasteiger partial charge in [-0.25, -0.2) is 0 Å². The largest absolute Gasteiger partial charge is 0.322 e. The summed E-state index contributed by atoms with van der Waals surface area (Å²) in [6, 6.07) is 22.5. The molecule has 2 aliphatic rings. The number of anilines is 2. The SMILES string of the molecule is CCc1cccc(C)c1NC(=O)[C@@]12CCC(=O)N1c1ccccc1C(=O)N2Cc1ccccc1. The zero-order chi connectivity index (χ0) is 23.9. The van der Waals surface area contributed by atoms with Gasteiger partial charge >= 0.3 is 0 Å². The lowest BCUT2D eigenvalue weighted by Gasteiger charge is -2.49. The zero-order valence-corrected chi connectivity index (χ0v) is 19.4. The Labute approximate surface area is 199 Å². The van der Waals surface area contributed by atoms with Crippen LogP contribution in [0.2, 0.25) is 0 Å². The average Bonchev–Trinajstić information content (AvgIpc) is 3.22. The van der Waals surface area contributed by atoms with E-state index in [2.05, 4.69) is 5.32 Å². The van der Waals surface area contributed by atoms with Crippen molar-refractivity contribution in [1.29, 1.82) is 0 Å². The molecule has 1 N–H and O–H groups in total. The molecule has 0 spiro atoms. The summed E-state index contributed by atoms with van der Waals surface area (Å²) in [5, 5.41) is 3.12. The summed E-state index contributed by atoms with van der Waals surface area (Å²) < 4.78 is 0. The smallest absolute Gasteiger partial charge is 0.271 e. The highest BCUT2D eigenvalue weighted by Crippen LogP contribution is 2.45. The third kappa shape index (κ3) is 3.29. The topological polar surface area (TPSA) is 69.7 Å². The Kier molecular flexibility index (Phi) is 5.44. The minimum Gasteiger partial charge on any atom is -0.322 e. The van der Waals surface area contributed by atoms with Gasteiger partial charge in [0.25, 0.3) is 11.8 Å². The number of nitrogens with one attached hydrogen (secondary N) is 1. The minimum atomic E-state index is -1.44. The van der Waals surface area contributed by atoms with E-state index in [0.717, 1.165) is 28.8 Å². The summed E-state index contributed by atoms with van der Waals surface area (Å²) in [5.74, 6) is -0.768. The van der Waals surface area contributed by atoms with Crippen molar-refractivity contribution in [1.82, 2.24) is 4.90 Å². The number of carbonyl (C=O) groups excluding carboxylic acids is 3. The molecular formula is C28H27N3O3. The number of hydrogen-bond donors (Lipinski definition) is 1. The number of para-hydroxylation sites is 2. The van der Waals surface area contributed by atoms with Crippen LogP contribution >= 0.6 is 0 Å². The van der Waals surface area contributed by atoms with Crippen LogP contribution in [0.1, 0.15) is 46.8 Å². The Morgan fingerprint density at radius 1 is 0.971 bits per heavy atom. The van der Waals surface area contributed by atoms with Gasteiger partial charge in [0, 0.05) is 25.1 Å². The number of aryl methyl sites for hydroxylation is 2. The molecule has 0 unspecified atom stereocenters. The monoisotopic (exact) mass is 453 g/mol. The maximum atomic E-state index is 14.2. The Morgan fingerprint density at radius 2 is 1.71 bits per heavy atom. The molecule has 34 heavy (non-hydrogen) atoms. The van der Waals surface area contributed by atoms with E-state index in [0.29, 0.717) is 11.3 Å². The van der Waals surface area contributed by atoms with Gasteiger partial charge < -0.3 is 10.2 Å². The van der Waals surface area contributed by atoms with E-state index in [1.807, 2.05) is 62.4 Å². The first kappa shape index (κ1) is 21.9. The van der Waals surface area contributed by atoms with Crippen LogP contribution in [0.25, 0.3) is 0 Å². The molecular weight excluding hydrogens is 426 g/mol. The Bertz CT molecular complexity index is 1290. The molecule has 5 rings (SSSR count). The quantitative estimate of drug-likeness (QED) is 0.610. The minimum absolute atomic E-state index is 0.159. The number of rotatable bonds is 5. The number of fused-ring (bicyclic) bond motifs is 3. The van der Waals surface area contributed by atoms with Gasteiger partial charge in [-0.2, -0.15) is 0 Å². The van der Waals surface area contributed by atoms with Crippen molar-refractivity contribution in [2.24, 2.45) is 0 Å². The van der Waals surface area contributed by atoms with Crippen molar-refractivity contribution in [2.45, 2.75) is 45.3 Å². The number of nitrogens with zero attached hydrogens (tertiary/aromatic N) is 2. The molecule has 0 radical (unpaired) electrons. The standard InChI is InChI=1S/C28H27N3O3/c1-3-21-13-9-10-19(2)25(21)29-27(34)28-17-16-24(32)31(28)23-15-8-7-14-22(23)26(33)30(28)18-20-11-5-4-6-12-20/h4-15H,3,16-18H2,1-2H3,(H,29,34)/t28-/m1/s1. The molecule has 6 heteroatoms. The average molecular weight is 454 g/mol. The third-order valence-electron chi connectivity index (χ3n) is 6.90. The Morgan fingerprint density at radius 3 is 2.47 bits per heavy atom. The van der Waals surface area contributed by atoms with Crippen LogP contribution in [0.5, 0.6) is 0 Å². The molecule has 3 amide bonds. The summed E-state index contributed by atoms with van der Waals surface area (Å²) in [5.41, 5.74) is 3.08. The second kappa shape index (κ2) is 8.45. The van der Waals surface area contributed by atoms with Gasteiger partial charge in [-0.05, 0) is 42.2 Å². The van der Waals surface area contributed by atoms with E-state index >= 15 is 0 Å². The van der Waals surface area contributed by atoms with Crippen LogP contribution in [0.3, 0.4) is 0 Å². The molecule has 6 nitrogen and oxygen atoms in total. The van der Waals surface area contributed by atoms with Crippen LogP contribution in [0.15, 0.2) is 72.8 Å². The van der Waals surface area contributed by atoms with E-state index in [1.165, 1.54) is 0 Å². The Balaban J connectivity index is 1.66. The van der Waals surface area contributed by atoms with Crippen molar-refractivity contribution in [3.63, 3.8) is 0 Å². The fourth-order valence-electron chi connectivity index (χ4n) is 5.19. The van der Waals surface area contributed by atoms with E-state index in [9.17, 15) is 14.4 Å². The normalized spacial score (nSPS) is 19.1. The van der Waals surface area contributed by atoms with Crippen molar-refractivity contribution < 1.29 is 14.4 Å². The highest BCUT2D eigenvalue weighted by Gasteiger charge is 2.60. The summed E-state index contributed by atoms with van der Waals surface area (Å²) in [4.78, 5) is 44.4. The summed E-state index contributed by atoms with van der Waals surface area (Å²) in [6.45, 7) is 4.21. The molecule has 3 aromatic rings. The van der Waals surface area contributed by atoms with Gasteiger partial charge in [0.05, 0.1) is 11.3 Å². The first-order valence-electron chi connectivity index (χ1n) is 11.7. The first-order chi connectivity index (χ1) is 16.5. The maximum Gasteiger partial charge on any atom is 0.271 e. The molecule has 2 aliphatic heterocycles. The van der Waals surface area contributed by atoms with Gasteiger partial charge in [-0.3, -0.25) is 19.3 Å². The predicted octanol–water partition coefficient (Wildman–Crippen LogP) is 4.68. The van der Waals surface area contributed by atoms with Crippen LogP contribution < -0.4 is 10.2 Å². The van der Waals surface area contributed by atoms with Gasteiger partial charge in [0.15, 0.2) is 0 Å². The highest BCUT2D eigenvalue weighted by atomic mass is 16.2. The molecule has 0 bridgehead atoms. The van der Waals surface area contributed by atoms with Crippen molar-refractivity contribution >= 4 is 29.1 Å². The molecule has 0 aliphatic carbocycles. The highest BCUT2D eigenvalue weighted by molar-refractivity contribution is 6.18. The molecule has 1 fully saturated rings. The third-order valence-corrected chi connectivity index (χ3v) is 6.90. The second-order valence-electron chi connectivity index (χ2n) is 8.86. The number of benzene rings is 3. The Hall–Kier alpha value is -3.93. The van der Waals surface area contributed by atoms with E-state index < -0.39 is 5.66 Å². The lowest BCUT2D eigenvalue weighted by atomic mass is 9.94. The van der Waals surface area contributed by atoms with Crippen LogP contribution in [0.4, 0.5) is 11.4 Å². The lowest BCUT2D eigenvalue weighted by Crippen LogP contribution is -2.69. The number of hydrogen-bond acceptors (Lipinski definition) is 3. The van der Waals surface area contributed by atoms with E-state index in [-0.39, 0.29) is 37.1 Å². The van der Waals surface area contributed by atoms with Gasteiger partial charge in [0.1, 0.15) is 0 Å². The van der Waals surface area contributed by atoms with E-state index in [4.69, 9.17) is 0 Å². The van der Waals surface area contributed by atoms with Crippen molar-refractivity contribution in [3.05, 3.63) is 95.1 Å². The predicted molar refractivity (Wildman–Crippen MR) is 131 cm³/mol. The molecule has 2 heterocycles. The van der Waals surface area contributed by atoms with Crippen LogP contribution in [-0.2, 0) is 22.6 Å². The second-order valence-corrected chi connectivity index (χ2v) is 8.86. The number of amides is 3. The lowest BCUT2D eigenvalue weighted by molar-refractivity contribution is -0.129. The van der Waals surface area contributed by atoms with Crippen molar-refractivity contribution in [3.8, 4) is 0 Å². The van der Waals surface area contributed by atoms with Crippen molar-refractivity contribution in [2.75, 3.05) is 10.2 Å². The summed E-state index contributed by atoms with van der Waals surface area (Å²) >= 11 is 0. The van der Waals surface area contributed by atoms with Crippen LogP contribution in [-0.4, -0.2) is 28.3 Å². The first-order valence-corrected chi connectivity index (χ1v) is 11.7. The molecule has 3 aromatic carbocycles. The fraction of sp³-hybridized carbons (Fsp3) is 0.250. The molecule has 172 valence electrons. The van der Waals surface area contributed by atoms with Gasteiger partial charge in [-0.15, -0.1) is 0 Å². The molecule has 0 aromatic heterocycles. The molecule has 1 atom stereocenters.